The highest BCUT2D eigenvalue weighted by molar-refractivity contribution is 6.09. The van der Waals surface area contributed by atoms with Gasteiger partial charge < -0.3 is 11.1 Å². The number of nitrogens with one attached hydrogen (secondary N) is 1. The number of halogens is 2. The number of hydrogen-bond donors (Lipinski definition) is 2. The minimum atomic E-state index is -1.78. The van der Waals surface area contributed by atoms with E-state index in [4.69, 9.17) is 5.73 Å². The van der Waals surface area contributed by atoms with Gasteiger partial charge in [-0.1, -0.05) is 0 Å². The van der Waals surface area contributed by atoms with E-state index in [2.05, 4.69) is 5.32 Å². The van der Waals surface area contributed by atoms with Crippen LogP contribution in [0.4, 0.5) is 13.6 Å². The van der Waals surface area contributed by atoms with E-state index in [9.17, 15) is 23.2 Å². The second-order valence-electron chi connectivity index (χ2n) is 4.54. The first-order valence-electron chi connectivity index (χ1n) is 5.63. The van der Waals surface area contributed by atoms with Crippen LogP contribution in [-0.4, -0.2) is 29.3 Å². The summed E-state index contributed by atoms with van der Waals surface area (Å²) in [6.45, 7) is 0.600. The van der Waals surface area contributed by atoms with Gasteiger partial charge in [0.2, 0.25) is 5.91 Å². The summed E-state index contributed by atoms with van der Waals surface area (Å²) in [6, 6.07) is 1.68. The molecule has 4 amide bonds. The summed E-state index contributed by atoms with van der Waals surface area (Å²) in [5, 5.41) is 2.24. The van der Waals surface area contributed by atoms with Crippen molar-refractivity contribution in [3.8, 4) is 0 Å². The summed E-state index contributed by atoms with van der Waals surface area (Å²) in [5.41, 5.74) is 2.84. The number of rotatable bonds is 3. The van der Waals surface area contributed by atoms with Crippen molar-refractivity contribution in [1.82, 2.24) is 10.2 Å². The fourth-order valence-electron chi connectivity index (χ4n) is 2.06. The molecule has 1 aromatic rings. The van der Waals surface area contributed by atoms with Gasteiger partial charge >= 0.3 is 6.03 Å². The third-order valence-corrected chi connectivity index (χ3v) is 3.06. The molecule has 20 heavy (non-hydrogen) atoms. The first kappa shape index (κ1) is 13.9. The largest absolute Gasteiger partial charge is 0.368 e. The lowest BCUT2D eigenvalue weighted by Gasteiger charge is -2.22. The number of primary amides is 1. The molecular weight excluding hydrogens is 272 g/mol. The Balaban J connectivity index is 2.46. The average molecular weight is 283 g/mol. The van der Waals surface area contributed by atoms with E-state index < -0.39 is 41.6 Å². The van der Waals surface area contributed by atoms with Crippen molar-refractivity contribution in [3.63, 3.8) is 0 Å². The van der Waals surface area contributed by atoms with E-state index in [1.807, 2.05) is 0 Å². The molecule has 0 saturated carbocycles. The van der Waals surface area contributed by atoms with Gasteiger partial charge in [-0.05, 0) is 25.1 Å². The Morgan fingerprint density at radius 3 is 2.65 bits per heavy atom. The summed E-state index contributed by atoms with van der Waals surface area (Å²) in [4.78, 5) is 35.2. The highest BCUT2D eigenvalue weighted by Gasteiger charge is 2.50. The molecule has 1 heterocycles. The van der Waals surface area contributed by atoms with Gasteiger partial charge in [0.15, 0.2) is 0 Å². The highest BCUT2D eigenvalue weighted by atomic mass is 19.1. The molecule has 1 aliphatic heterocycles. The predicted octanol–water partition coefficient (Wildman–Crippen LogP) is 0.217. The Hall–Kier alpha value is -2.51. The molecule has 0 aromatic heterocycles. The van der Waals surface area contributed by atoms with E-state index in [1.54, 1.807) is 0 Å². The van der Waals surface area contributed by atoms with Crippen molar-refractivity contribution < 1.29 is 23.2 Å². The first-order valence-corrected chi connectivity index (χ1v) is 5.63. The maximum atomic E-state index is 13.8. The number of carbonyl (C=O) groups excluding carboxylic acids is 3. The molecule has 0 bridgehead atoms. The molecule has 1 aliphatic rings. The summed E-state index contributed by atoms with van der Waals surface area (Å²) in [6.07, 6.45) is 0. The molecule has 1 aromatic carbocycles. The number of imide groups is 1. The zero-order valence-corrected chi connectivity index (χ0v) is 10.4. The molecule has 106 valence electrons. The number of nitrogens with two attached hydrogens (primary N) is 1. The van der Waals surface area contributed by atoms with E-state index in [-0.39, 0.29) is 5.56 Å². The first-order chi connectivity index (χ1) is 9.25. The number of urea groups is 1. The molecule has 0 spiro atoms. The topological polar surface area (TPSA) is 92.5 Å². The molecule has 8 heteroatoms. The minimum absolute atomic E-state index is 0.317. The van der Waals surface area contributed by atoms with Gasteiger partial charge in [0.1, 0.15) is 23.7 Å². The van der Waals surface area contributed by atoms with Crippen LogP contribution in [0.15, 0.2) is 18.2 Å². The normalized spacial score (nSPS) is 22.1. The SMILES string of the molecule is C[C@]1(c2cc(F)ccc2F)NC(=O)N(CC(N)=O)C1=O. The fourth-order valence-corrected chi connectivity index (χ4v) is 2.06. The van der Waals surface area contributed by atoms with Crippen LogP contribution in [0.1, 0.15) is 12.5 Å². The lowest BCUT2D eigenvalue weighted by molar-refractivity contribution is -0.134. The lowest BCUT2D eigenvalue weighted by atomic mass is 9.91. The van der Waals surface area contributed by atoms with Gasteiger partial charge in [-0.3, -0.25) is 14.5 Å². The van der Waals surface area contributed by atoms with Gasteiger partial charge in [0.25, 0.3) is 5.91 Å². The van der Waals surface area contributed by atoms with Crippen molar-refractivity contribution in [2.45, 2.75) is 12.5 Å². The third kappa shape index (κ3) is 2.09. The summed E-state index contributed by atoms with van der Waals surface area (Å²) in [5.74, 6) is -3.36. The summed E-state index contributed by atoms with van der Waals surface area (Å²) in [7, 11) is 0. The lowest BCUT2D eigenvalue weighted by Crippen LogP contribution is -2.43. The molecular formula is C12H11F2N3O3. The molecule has 6 nitrogen and oxygen atoms in total. The zero-order valence-electron chi connectivity index (χ0n) is 10.4. The van der Waals surface area contributed by atoms with Crippen molar-refractivity contribution in [1.29, 1.82) is 0 Å². The third-order valence-electron chi connectivity index (χ3n) is 3.06. The molecule has 0 radical (unpaired) electrons. The van der Waals surface area contributed by atoms with Gasteiger partial charge in [-0.25, -0.2) is 13.6 Å². The predicted molar refractivity (Wildman–Crippen MR) is 63.1 cm³/mol. The van der Waals surface area contributed by atoms with Crippen LogP contribution >= 0.6 is 0 Å². The van der Waals surface area contributed by atoms with Crippen molar-refractivity contribution in [3.05, 3.63) is 35.4 Å². The minimum Gasteiger partial charge on any atom is -0.368 e. The molecule has 0 aliphatic carbocycles. The van der Waals surface area contributed by atoms with E-state index in [0.717, 1.165) is 18.2 Å². The van der Waals surface area contributed by atoms with Crippen molar-refractivity contribution >= 4 is 17.8 Å². The number of nitrogens with zero attached hydrogens (tertiary/aromatic N) is 1. The Bertz CT molecular complexity index is 620. The van der Waals surface area contributed by atoms with Crippen LogP contribution in [0.25, 0.3) is 0 Å². The maximum Gasteiger partial charge on any atom is 0.325 e. The second-order valence-corrected chi connectivity index (χ2v) is 4.54. The van der Waals surface area contributed by atoms with E-state index in [0.29, 0.717) is 4.90 Å². The molecule has 3 N–H and O–H groups in total. The van der Waals surface area contributed by atoms with Crippen LogP contribution in [-0.2, 0) is 15.1 Å². The molecule has 1 saturated heterocycles. The maximum absolute atomic E-state index is 13.8. The Morgan fingerprint density at radius 1 is 1.40 bits per heavy atom. The van der Waals surface area contributed by atoms with Crippen molar-refractivity contribution in [2.24, 2.45) is 5.73 Å². The van der Waals surface area contributed by atoms with Gasteiger partial charge in [0, 0.05) is 5.56 Å². The molecule has 1 atom stereocenters. The quantitative estimate of drug-likeness (QED) is 0.777. The number of amides is 4. The van der Waals surface area contributed by atoms with Crippen LogP contribution in [0.3, 0.4) is 0 Å². The van der Waals surface area contributed by atoms with Gasteiger partial charge in [0.05, 0.1) is 0 Å². The smallest absolute Gasteiger partial charge is 0.325 e. The Kier molecular flexibility index (Phi) is 3.16. The van der Waals surface area contributed by atoms with E-state index in [1.165, 1.54) is 6.92 Å². The molecule has 0 unspecified atom stereocenters. The fraction of sp³-hybridized carbons (Fsp3) is 0.250. The van der Waals surface area contributed by atoms with Crippen LogP contribution < -0.4 is 11.1 Å². The van der Waals surface area contributed by atoms with Gasteiger partial charge in [-0.15, -0.1) is 0 Å². The van der Waals surface area contributed by atoms with Crippen LogP contribution in [0.5, 0.6) is 0 Å². The van der Waals surface area contributed by atoms with E-state index >= 15 is 0 Å². The Labute approximate surface area is 112 Å². The summed E-state index contributed by atoms with van der Waals surface area (Å²) < 4.78 is 27.0. The average Bonchev–Trinajstić information content (AvgIpc) is 2.56. The highest BCUT2D eigenvalue weighted by Crippen LogP contribution is 2.30. The number of benzene rings is 1. The standard InChI is InChI=1S/C12H11F2N3O3/c1-12(7-4-6(13)2-3-8(7)14)10(19)17(5-9(15)18)11(20)16-12/h2-4H,5H2,1H3,(H2,15,18)(H,16,20)/t12-/m1/s1. The summed E-state index contributed by atoms with van der Waals surface area (Å²) >= 11 is 0. The monoisotopic (exact) mass is 283 g/mol. The zero-order chi connectivity index (χ0) is 15.1. The second kappa shape index (κ2) is 4.55. The molecule has 1 fully saturated rings. The van der Waals surface area contributed by atoms with Gasteiger partial charge in [-0.2, -0.15) is 0 Å². The van der Waals surface area contributed by atoms with Crippen LogP contribution in [0, 0.1) is 11.6 Å². The number of hydrogen-bond acceptors (Lipinski definition) is 3. The molecule has 2 rings (SSSR count). The van der Waals surface area contributed by atoms with Crippen molar-refractivity contribution in [2.75, 3.05) is 6.54 Å². The Morgan fingerprint density at radius 2 is 2.05 bits per heavy atom. The number of carbonyl (C=O) groups is 3. The van der Waals surface area contributed by atoms with Crippen LogP contribution in [0.2, 0.25) is 0 Å².